The molecular weight excluding hydrogens is 415 g/mol. The summed E-state index contributed by atoms with van der Waals surface area (Å²) >= 11 is 0. The van der Waals surface area contributed by atoms with Gasteiger partial charge in [0, 0.05) is 19.7 Å². The number of nitrogens with one attached hydrogen (secondary N) is 2. The number of nitrogens with zero attached hydrogens (tertiary/aromatic N) is 1. The standard InChI is InChI=1S/C16H23F2N3O.HI/c1-2-19-16(21-11-14-4-3-9-22-14)20-8-7-12-10-13(17)5-6-15(12)18;/h5-6,10,14H,2-4,7-9,11H2,1H3,(H2,19,20,21);1H. The van der Waals surface area contributed by atoms with Crippen molar-refractivity contribution in [3.05, 3.63) is 35.4 Å². The molecule has 1 aliphatic heterocycles. The van der Waals surface area contributed by atoms with Gasteiger partial charge in [-0.1, -0.05) is 0 Å². The number of hydrogen-bond acceptors (Lipinski definition) is 2. The minimum absolute atomic E-state index is 0. The monoisotopic (exact) mass is 439 g/mol. The number of benzene rings is 1. The van der Waals surface area contributed by atoms with Gasteiger partial charge < -0.3 is 15.4 Å². The fourth-order valence-electron chi connectivity index (χ4n) is 2.37. The number of halogens is 3. The smallest absolute Gasteiger partial charge is 0.191 e. The van der Waals surface area contributed by atoms with E-state index in [9.17, 15) is 8.78 Å². The quantitative estimate of drug-likeness (QED) is 0.407. The largest absolute Gasteiger partial charge is 0.376 e. The van der Waals surface area contributed by atoms with Crippen LogP contribution in [0.4, 0.5) is 8.78 Å². The van der Waals surface area contributed by atoms with E-state index >= 15 is 0 Å². The number of guanidine groups is 1. The molecule has 1 aromatic carbocycles. The Morgan fingerprint density at radius 1 is 1.35 bits per heavy atom. The average molecular weight is 439 g/mol. The summed E-state index contributed by atoms with van der Waals surface area (Å²) in [7, 11) is 0. The first-order chi connectivity index (χ1) is 10.7. The summed E-state index contributed by atoms with van der Waals surface area (Å²) in [4.78, 5) is 4.47. The van der Waals surface area contributed by atoms with Crippen molar-refractivity contribution in [2.24, 2.45) is 4.99 Å². The van der Waals surface area contributed by atoms with Crippen LogP contribution in [0.5, 0.6) is 0 Å². The van der Waals surface area contributed by atoms with E-state index in [0.29, 0.717) is 31.0 Å². The minimum atomic E-state index is -0.421. The molecule has 1 unspecified atom stereocenters. The maximum absolute atomic E-state index is 13.5. The van der Waals surface area contributed by atoms with Gasteiger partial charge in [0.25, 0.3) is 0 Å². The molecule has 130 valence electrons. The van der Waals surface area contributed by atoms with Crippen molar-refractivity contribution in [2.45, 2.75) is 32.3 Å². The molecule has 2 N–H and O–H groups in total. The van der Waals surface area contributed by atoms with E-state index in [4.69, 9.17) is 4.74 Å². The summed E-state index contributed by atoms with van der Waals surface area (Å²) in [6, 6.07) is 3.51. The molecule has 0 radical (unpaired) electrons. The zero-order chi connectivity index (χ0) is 15.8. The Morgan fingerprint density at radius 2 is 2.17 bits per heavy atom. The van der Waals surface area contributed by atoms with E-state index in [1.165, 1.54) is 6.07 Å². The SMILES string of the molecule is CCNC(=NCC1CCCO1)NCCc1cc(F)ccc1F.I. The second kappa shape index (κ2) is 10.7. The Morgan fingerprint density at radius 3 is 2.87 bits per heavy atom. The molecule has 1 aliphatic rings. The van der Waals surface area contributed by atoms with Gasteiger partial charge in [0.15, 0.2) is 5.96 Å². The summed E-state index contributed by atoms with van der Waals surface area (Å²) in [5.41, 5.74) is 0.363. The van der Waals surface area contributed by atoms with Crippen LogP contribution in [0.15, 0.2) is 23.2 Å². The molecule has 7 heteroatoms. The Balaban J connectivity index is 0.00000264. The molecule has 2 rings (SSSR count). The van der Waals surface area contributed by atoms with Gasteiger partial charge in [-0.3, -0.25) is 4.99 Å². The molecule has 23 heavy (non-hydrogen) atoms. The lowest BCUT2D eigenvalue weighted by atomic mass is 10.1. The van der Waals surface area contributed by atoms with Gasteiger partial charge in [-0.15, -0.1) is 24.0 Å². The Hall–Kier alpha value is -0.960. The zero-order valence-electron chi connectivity index (χ0n) is 13.3. The van der Waals surface area contributed by atoms with Gasteiger partial charge in [0.2, 0.25) is 0 Å². The van der Waals surface area contributed by atoms with Crippen molar-refractivity contribution in [1.29, 1.82) is 0 Å². The van der Waals surface area contributed by atoms with Crippen LogP contribution in [-0.2, 0) is 11.2 Å². The first kappa shape index (κ1) is 20.1. The molecule has 0 aromatic heterocycles. The fourth-order valence-corrected chi connectivity index (χ4v) is 2.37. The van der Waals surface area contributed by atoms with Gasteiger partial charge in [0.1, 0.15) is 11.6 Å². The summed E-state index contributed by atoms with van der Waals surface area (Å²) in [5.74, 6) is -0.130. The highest BCUT2D eigenvalue weighted by Gasteiger charge is 2.14. The van der Waals surface area contributed by atoms with E-state index in [-0.39, 0.29) is 35.9 Å². The molecular formula is C16H24F2IN3O. The third-order valence-electron chi connectivity index (χ3n) is 3.52. The normalized spacial score (nSPS) is 17.7. The highest BCUT2D eigenvalue weighted by molar-refractivity contribution is 14.0. The average Bonchev–Trinajstić information content (AvgIpc) is 3.01. The van der Waals surface area contributed by atoms with Gasteiger partial charge in [-0.2, -0.15) is 0 Å². The summed E-state index contributed by atoms with van der Waals surface area (Å²) in [5, 5.41) is 6.27. The Kier molecular flexibility index (Phi) is 9.39. The third kappa shape index (κ3) is 6.99. The summed E-state index contributed by atoms with van der Waals surface area (Å²) < 4.78 is 32.2. The summed E-state index contributed by atoms with van der Waals surface area (Å²) in [6.45, 7) is 4.63. The van der Waals surface area contributed by atoms with Gasteiger partial charge in [-0.25, -0.2) is 8.78 Å². The van der Waals surface area contributed by atoms with Gasteiger partial charge >= 0.3 is 0 Å². The molecule has 1 aromatic rings. The Labute approximate surface area is 153 Å². The van der Waals surface area contributed by atoms with Crippen molar-refractivity contribution in [2.75, 3.05) is 26.2 Å². The third-order valence-corrected chi connectivity index (χ3v) is 3.52. The van der Waals surface area contributed by atoms with Crippen molar-refractivity contribution in [3.8, 4) is 0 Å². The maximum atomic E-state index is 13.5. The second-order valence-corrected chi connectivity index (χ2v) is 5.27. The van der Waals surface area contributed by atoms with Crippen LogP contribution in [0.2, 0.25) is 0 Å². The predicted molar refractivity (Wildman–Crippen MR) is 98.4 cm³/mol. The fraction of sp³-hybridized carbons (Fsp3) is 0.562. The molecule has 1 atom stereocenters. The number of hydrogen-bond donors (Lipinski definition) is 2. The number of aliphatic imine (C=N–C) groups is 1. The van der Waals surface area contributed by atoms with Crippen molar-refractivity contribution in [1.82, 2.24) is 10.6 Å². The van der Waals surface area contributed by atoms with Crippen LogP contribution in [0, 0.1) is 11.6 Å². The highest BCUT2D eigenvalue weighted by Crippen LogP contribution is 2.12. The Bertz CT molecular complexity index is 508. The topological polar surface area (TPSA) is 45.7 Å². The van der Waals surface area contributed by atoms with Crippen LogP contribution in [0.25, 0.3) is 0 Å². The van der Waals surface area contributed by atoms with E-state index in [1.807, 2.05) is 6.92 Å². The van der Waals surface area contributed by atoms with E-state index in [2.05, 4.69) is 15.6 Å². The first-order valence-electron chi connectivity index (χ1n) is 7.76. The highest BCUT2D eigenvalue weighted by atomic mass is 127. The molecule has 1 heterocycles. The minimum Gasteiger partial charge on any atom is -0.376 e. The molecule has 0 amide bonds. The lowest BCUT2D eigenvalue weighted by Gasteiger charge is -2.13. The van der Waals surface area contributed by atoms with Crippen LogP contribution < -0.4 is 10.6 Å². The number of rotatable bonds is 6. The maximum Gasteiger partial charge on any atom is 0.191 e. The molecule has 1 saturated heterocycles. The zero-order valence-corrected chi connectivity index (χ0v) is 15.6. The number of ether oxygens (including phenoxy) is 1. The second-order valence-electron chi connectivity index (χ2n) is 5.27. The molecule has 0 saturated carbocycles. The predicted octanol–water partition coefficient (Wildman–Crippen LogP) is 2.86. The van der Waals surface area contributed by atoms with Gasteiger partial charge in [-0.05, 0) is 49.9 Å². The lowest BCUT2D eigenvalue weighted by molar-refractivity contribution is 0.117. The molecule has 1 fully saturated rings. The molecule has 0 bridgehead atoms. The van der Waals surface area contributed by atoms with Crippen molar-refractivity contribution < 1.29 is 13.5 Å². The molecule has 0 aliphatic carbocycles. The van der Waals surface area contributed by atoms with Gasteiger partial charge in [0.05, 0.1) is 12.6 Å². The molecule has 4 nitrogen and oxygen atoms in total. The molecule has 0 spiro atoms. The van der Waals surface area contributed by atoms with E-state index < -0.39 is 5.82 Å². The summed E-state index contributed by atoms with van der Waals surface area (Å²) in [6.07, 6.45) is 2.71. The van der Waals surface area contributed by atoms with Crippen LogP contribution >= 0.6 is 24.0 Å². The van der Waals surface area contributed by atoms with Crippen LogP contribution in [0.1, 0.15) is 25.3 Å². The van der Waals surface area contributed by atoms with Crippen LogP contribution in [-0.4, -0.2) is 38.3 Å². The van der Waals surface area contributed by atoms with E-state index in [1.54, 1.807) is 0 Å². The van der Waals surface area contributed by atoms with E-state index in [0.717, 1.165) is 38.1 Å². The van der Waals surface area contributed by atoms with Crippen molar-refractivity contribution >= 4 is 29.9 Å². The van der Waals surface area contributed by atoms with Crippen molar-refractivity contribution in [3.63, 3.8) is 0 Å². The first-order valence-corrected chi connectivity index (χ1v) is 7.76. The lowest BCUT2D eigenvalue weighted by Crippen LogP contribution is -2.39. The van der Waals surface area contributed by atoms with Crippen LogP contribution in [0.3, 0.4) is 0 Å².